The Morgan fingerprint density at radius 1 is 1.23 bits per heavy atom. The number of para-hydroxylation sites is 1. The minimum Gasteiger partial charge on any atom is -0.258 e. The fourth-order valence-corrected chi connectivity index (χ4v) is 2.83. The second-order valence-electron chi connectivity index (χ2n) is 5.51. The molecule has 6 nitrogen and oxygen atoms in total. The van der Waals surface area contributed by atoms with Crippen LogP contribution in [-0.2, 0) is 0 Å². The van der Waals surface area contributed by atoms with Crippen LogP contribution in [0.25, 0.3) is 17.3 Å². The molecule has 0 amide bonds. The third-order valence-corrected chi connectivity index (χ3v) is 4.21. The fraction of sp³-hybridized carbons (Fsp3) is 0.0526. The number of hydrogen-bond acceptors (Lipinski definition) is 4. The van der Waals surface area contributed by atoms with Crippen LogP contribution >= 0.6 is 11.6 Å². The predicted molar refractivity (Wildman–Crippen MR) is 99.9 cm³/mol. The maximum atomic E-state index is 10.8. The smallest absolute Gasteiger partial charge is 0.258 e. The molecule has 0 bridgehead atoms. The molecule has 0 saturated heterocycles. The van der Waals surface area contributed by atoms with Crippen molar-refractivity contribution in [2.24, 2.45) is 0 Å². The first kappa shape index (κ1) is 17.4. The molecule has 1 heterocycles. The average Bonchev–Trinajstić information content (AvgIpc) is 2.94. The predicted octanol–water partition coefficient (Wildman–Crippen LogP) is 4.81. The molecule has 0 spiro atoms. The second kappa shape index (κ2) is 7.21. The number of nitriles is 1. The van der Waals surface area contributed by atoms with Gasteiger partial charge in [-0.25, -0.2) is 4.68 Å². The van der Waals surface area contributed by atoms with E-state index in [0.29, 0.717) is 27.5 Å². The second-order valence-corrected chi connectivity index (χ2v) is 5.87. The zero-order chi connectivity index (χ0) is 18.7. The van der Waals surface area contributed by atoms with Crippen LogP contribution in [0, 0.1) is 28.4 Å². The Kier molecular flexibility index (Phi) is 4.83. The van der Waals surface area contributed by atoms with E-state index in [4.69, 9.17) is 11.6 Å². The molecule has 2 aromatic carbocycles. The van der Waals surface area contributed by atoms with Crippen molar-refractivity contribution in [3.63, 3.8) is 0 Å². The number of allylic oxidation sites excluding steroid dienone is 1. The zero-order valence-corrected chi connectivity index (χ0v) is 14.5. The molecular weight excluding hydrogens is 352 g/mol. The topological polar surface area (TPSA) is 84.8 Å². The van der Waals surface area contributed by atoms with E-state index >= 15 is 0 Å². The van der Waals surface area contributed by atoms with Gasteiger partial charge in [0.1, 0.15) is 5.15 Å². The third kappa shape index (κ3) is 3.34. The lowest BCUT2D eigenvalue weighted by Gasteiger charge is -2.02. The average molecular weight is 365 g/mol. The molecule has 0 aliphatic heterocycles. The number of nitrogens with zero attached hydrogens (tertiary/aromatic N) is 4. The minimum absolute atomic E-state index is 0.0304. The van der Waals surface area contributed by atoms with Gasteiger partial charge in [-0.15, -0.1) is 0 Å². The summed E-state index contributed by atoms with van der Waals surface area (Å²) in [5.74, 6) is 0. The van der Waals surface area contributed by atoms with Crippen LogP contribution < -0.4 is 0 Å². The Morgan fingerprint density at radius 3 is 2.46 bits per heavy atom. The Balaban J connectivity index is 2.04. The van der Waals surface area contributed by atoms with Gasteiger partial charge in [0.15, 0.2) is 0 Å². The highest BCUT2D eigenvalue weighted by Crippen LogP contribution is 2.28. The minimum atomic E-state index is -0.482. The van der Waals surface area contributed by atoms with Gasteiger partial charge in [0, 0.05) is 17.7 Å². The van der Waals surface area contributed by atoms with E-state index in [1.807, 2.05) is 37.3 Å². The summed E-state index contributed by atoms with van der Waals surface area (Å²) in [6.07, 6.45) is 1.64. The van der Waals surface area contributed by atoms with Crippen LogP contribution in [0.1, 0.15) is 16.8 Å². The van der Waals surface area contributed by atoms with Crippen molar-refractivity contribution in [1.82, 2.24) is 9.78 Å². The van der Waals surface area contributed by atoms with Gasteiger partial charge in [-0.3, -0.25) is 10.1 Å². The van der Waals surface area contributed by atoms with Crippen molar-refractivity contribution >= 4 is 28.9 Å². The van der Waals surface area contributed by atoms with E-state index in [-0.39, 0.29) is 5.69 Å². The molecule has 0 N–H and O–H groups in total. The fourth-order valence-electron chi connectivity index (χ4n) is 2.50. The van der Waals surface area contributed by atoms with Crippen molar-refractivity contribution in [2.45, 2.75) is 6.92 Å². The third-order valence-electron chi connectivity index (χ3n) is 3.85. The van der Waals surface area contributed by atoms with Crippen molar-refractivity contribution < 1.29 is 4.92 Å². The Morgan fingerprint density at radius 2 is 1.88 bits per heavy atom. The number of nitro benzene ring substituents is 1. The van der Waals surface area contributed by atoms with E-state index in [0.717, 1.165) is 5.69 Å². The van der Waals surface area contributed by atoms with Gasteiger partial charge in [0.25, 0.3) is 5.69 Å². The number of aromatic nitrogens is 2. The Labute approximate surface area is 154 Å². The van der Waals surface area contributed by atoms with E-state index < -0.39 is 4.92 Å². The standard InChI is InChI=1S/C19H13ClN4O2/c1-13-18(19(20)23(22-13)16-5-3-2-4-6-16)11-15(12-21)14-7-9-17(10-8-14)24(25)26/h2-11H,1H3/b15-11-. The maximum Gasteiger partial charge on any atom is 0.269 e. The summed E-state index contributed by atoms with van der Waals surface area (Å²) < 4.78 is 1.60. The van der Waals surface area contributed by atoms with E-state index in [2.05, 4.69) is 11.2 Å². The van der Waals surface area contributed by atoms with E-state index in [1.54, 1.807) is 10.8 Å². The summed E-state index contributed by atoms with van der Waals surface area (Å²) in [7, 11) is 0. The van der Waals surface area contributed by atoms with Crippen LogP contribution in [0.2, 0.25) is 5.15 Å². The number of nitro groups is 1. The molecule has 0 atom stereocenters. The maximum absolute atomic E-state index is 10.8. The van der Waals surface area contributed by atoms with Gasteiger partial charge in [-0.05, 0) is 42.8 Å². The molecule has 26 heavy (non-hydrogen) atoms. The van der Waals surface area contributed by atoms with Crippen LogP contribution in [0.3, 0.4) is 0 Å². The summed E-state index contributed by atoms with van der Waals surface area (Å²) in [5.41, 5.74) is 3.00. The van der Waals surface area contributed by atoms with Gasteiger partial charge in [-0.1, -0.05) is 29.8 Å². The summed E-state index contributed by atoms with van der Waals surface area (Å²) in [5, 5.41) is 25.1. The quantitative estimate of drug-likeness (QED) is 0.378. The molecule has 0 aliphatic carbocycles. The first-order chi connectivity index (χ1) is 12.5. The van der Waals surface area contributed by atoms with Crippen LogP contribution in [0.5, 0.6) is 0 Å². The van der Waals surface area contributed by atoms with Gasteiger partial charge < -0.3 is 0 Å². The highest BCUT2D eigenvalue weighted by molar-refractivity contribution is 6.31. The lowest BCUT2D eigenvalue weighted by atomic mass is 10.0. The number of aryl methyl sites for hydroxylation is 1. The van der Waals surface area contributed by atoms with Gasteiger partial charge >= 0.3 is 0 Å². The summed E-state index contributed by atoms with van der Waals surface area (Å²) in [6.45, 7) is 1.81. The lowest BCUT2D eigenvalue weighted by Crippen LogP contribution is -1.95. The summed E-state index contributed by atoms with van der Waals surface area (Å²) >= 11 is 6.48. The summed E-state index contributed by atoms with van der Waals surface area (Å²) in [4.78, 5) is 10.3. The molecule has 7 heteroatoms. The van der Waals surface area contributed by atoms with Crippen LogP contribution in [-0.4, -0.2) is 14.7 Å². The number of rotatable bonds is 4. The first-order valence-electron chi connectivity index (χ1n) is 7.68. The van der Waals surface area contributed by atoms with E-state index in [9.17, 15) is 15.4 Å². The highest BCUT2D eigenvalue weighted by Gasteiger charge is 2.15. The normalized spacial score (nSPS) is 11.2. The summed E-state index contributed by atoms with van der Waals surface area (Å²) in [6, 6.07) is 17.4. The van der Waals surface area contributed by atoms with Crippen LogP contribution in [0.4, 0.5) is 5.69 Å². The number of halogens is 1. The first-order valence-corrected chi connectivity index (χ1v) is 8.06. The molecule has 1 aromatic heterocycles. The number of non-ortho nitro benzene ring substituents is 1. The Hall–Kier alpha value is -3.43. The van der Waals surface area contributed by atoms with Crippen molar-refractivity contribution in [3.8, 4) is 11.8 Å². The molecule has 0 radical (unpaired) electrons. The molecular formula is C19H13ClN4O2. The molecule has 0 fully saturated rings. The van der Waals surface area contributed by atoms with E-state index in [1.165, 1.54) is 24.3 Å². The lowest BCUT2D eigenvalue weighted by molar-refractivity contribution is -0.384. The molecule has 0 saturated carbocycles. The van der Waals surface area contributed by atoms with Gasteiger partial charge in [0.05, 0.1) is 27.9 Å². The van der Waals surface area contributed by atoms with Crippen molar-refractivity contribution in [2.75, 3.05) is 0 Å². The van der Waals surface area contributed by atoms with Crippen molar-refractivity contribution in [3.05, 3.63) is 86.7 Å². The molecule has 3 rings (SSSR count). The largest absolute Gasteiger partial charge is 0.269 e. The Bertz CT molecular complexity index is 1030. The van der Waals surface area contributed by atoms with Crippen molar-refractivity contribution in [1.29, 1.82) is 5.26 Å². The zero-order valence-electron chi connectivity index (χ0n) is 13.8. The van der Waals surface area contributed by atoms with Crippen LogP contribution in [0.15, 0.2) is 54.6 Å². The number of benzene rings is 2. The SMILES string of the molecule is Cc1nn(-c2ccccc2)c(Cl)c1/C=C(/C#N)c1ccc([N+](=O)[O-])cc1. The monoisotopic (exact) mass is 364 g/mol. The highest BCUT2D eigenvalue weighted by atomic mass is 35.5. The molecule has 0 unspecified atom stereocenters. The van der Waals surface area contributed by atoms with Gasteiger partial charge in [0.2, 0.25) is 0 Å². The molecule has 0 aliphatic rings. The van der Waals surface area contributed by atoms with Gasteiger partial charge in [-0.2, -0.15) is 10.4 Å². The number of hydrogen-bond donors (Lipinski definition) is 0. The molecule has 128 valence electrons. The molecule has 3 aromatic rings.